The zero-order valence-electron chi connectivity index (χ0n) is 9.25. The Morgan fingerprint density at radius 2 is 2.16 bits per heavy atom. The third-order valence-electron chi connectivity index (χ3n) is 1.97. The van der Waals surface area contributed by atoms with Crippen LogP contribution >= 0.6 is 0 Å². The number of rotatable bonds is 6. The van der Waals surface area contributed by atoms with Crippen LogP contribution in [-0.2, 0) is 14.8 Å². The van der Waals surface area contributed by atoms with Gasteiger partial charge in [0.25, 0.3) is 0 Å². The Hall–Kier alpha value is -2.11. The quantitative estimate of drug-likeness (QED) is 0.431. The molecular formula is C8H9N3O7S. The average molecular weight is 291 g/mol. The fourth-order valence-corrected chi connectivity index (χ4v) is 1.98. The van der Waals surface area contributed by atoms with Crippen LogP contribution in [0.1, 0.15) is 0 Å². The molecule has 1 aromatic heterocycles. The first-order valence-electron chi connectivity index (χ1n) is 4.75. The van der Waals surface area contributed by atoms with Crippen LogP contribution in [0.5, 0.6) is 0 Å². The SMILES string of the molecule is O=C(O)C(O)CNS(=O)(=O)c1ccc([N+](=O)[O-])nc1. The molecule has 1 rings (SSSR count). The second-order valence-corrected chi connectivity index (χ2v) is 5.08. The van der Waals surface area contributed by atoms with E-state index in [0.717, 1.165) is 18.3 Å². The maximum atomic E-state index is 11.6. The molecule has 0 aromatic carbocycles. The molecule has 11 heteroatoms. The van der Waals surface area contributed by atoms with E-state index >= 15 is 0 Å². The first-order chi connectivity index (χ1) is 8.74. The highest BCUT2D eigenvalue weighted by atomic mass is 32.2. The molecule has 0 saturated carbocycles. The number of hydrogen-bond donors (Lipinski definition) is 3. The van der Waals surface area contributed by atoms with Gasteiger partial charge in [0, 0.05) is 12.6 Å². The average Bonchev–Trinajstić information content (AvgIpc) is 2.36. The number of sulfonamides is 1. The highest BCUT2D eigenvalue weighted by Gasteiger charge is 2.21. The summed E-state index contributed by atoms with van der Waals surface area (Å²) in [6, 6.07) is 1.84. The molecule has 1 aromatic rings. The monoisotopic (exact) mass is 291 g/mol. The number of aromatic nitrogens is 1. The molecule has 0 aliphatic rings. The van der Waals surface area contributed by atoms with E-state index in [-0.39, 0.29) is 4.90 Å². The van der Waals surface area contributed by atoms with Gasteiger partial charge in [-0.2, -0.15) is 0 Å². The molecule has 19 heavy (non-hydrogen) atoms. The van der Waals surface area contributed by atoms with Crippen molar-refractivity contribution in [3.8, 4) is 0 Å². The maximum absolute atomic E-state index is 11.6. The van der Waals surface area contributed by atoms with E-state index in [1.54, 1.807) is 0 Å². The topological polar surface area (TPSA) is 160 Å². The van der Waals surface area contributed by atoms with E-state index in [4.69, 9.17) is 10.2 Å². The van der Waals surface area contributed by atoms with Crippen LogP contribution in [0.4, 0.5) is 5.82 Å². The predicted molar refractivity (Wildman–Crippen MR) is 59.7 cm³/mol. The van der Waals surface area contributed by atoms with Gasteiger partial charge in [-0.1, -0.05) is 0 Å². The van der Waals surface area contributed by atoms with Gasteiger partial charge in [-0.25, -0.2) is 17.9 Å². The van der Waals surface area contributed by atoms with Crippen molar-refractivity contribution in [2.75, 3.05) is 6.54 Å². The van der Waals surface area contributed by atoms with Crippen LogP contribution in [-0.4, -0.2) is 47.2 Å². The van der Waals surface area contributed by atoms with Crippen molar-refractivity contribution >= 4 is 21.8 Å². The molecule has 1 atom stereocenters. The Balaban J connectivity index is 2.83. The summed E-state index contributed by atoms with van der Waals surface area (Å²) in [4.78, 5) is 22.8. The second kappa shape index (κ2) is 5.69. The third-order valence-corrected chi connectivity index (χ3v) is 3.38. The van der Waals surface area contributed by atoms with Gasteiger partial charge in [0.2, 0.25) is 10.0 Å². The highest BCUT2D eigenvalue weighted by molar-refractivity contribution is 7.89. The lowest BCUT2D eigenvalue weighted by atomic mass is 10.4. The van der Waals surface area contributed by atoms with Gasteiger partial charge in [0.05, 0.1) is 0 Å². The summed E-state index contributed by atoms with van der Waals surface area (Å²) in [5.41, 5.74) is 0. The van der Waals surface area contributed by atoms with Crippen molar-refractivity contribution in [1.29, 1.82) is 0 Å². The molecule has 0 radical (unpaired) electrons. The van der Waals surface area contributed by atoms with Crippen LogP contribution in [0.25, 0.3) is 0 Å². The lowest BCUT2D eigenvalue weighted by molar-refractivity contribution is -0.389. The molecule has 0 saturated heterocycles. The Morgan fingerprint density at radius 3 is 2.58 bits per heavy atom. The van der Waals surface area contributed by atoms with Crippen molar-refractivity contribution in [2.24, 2.45) is 0 Å². The summed E-state index contributed by atoms with van der Waals surface area (Å²) in [5, 5.41) is 27.6. The van der Waals surface area contributed by atoms with Crippen molar-refractivity contribution < 1.29 is 28.3 Å². The highest BCUT2D eigenvalue weighted by Crippen LogP contribution is 2.11. The Bertz CT molecular complexity index is 583. The molecule has 3 N–H and O–H groups in total. The number of nitro groups is 1. The van der Waals surface area contributed by atoms with Gasteiger partial charge in [-0.3, -0.25) is 0 Å². The molecule has 1 heterocycles. The van der Waals surface area contributed by atoms with Crippen molar-refractivity contribution in [3.63, 3.8) is 0 Å². The second-order valence-electron chi connectivity index (χ2n) is 3.32. The summed E-state index contributed by atoms with van der Waals surface area (Å²) < 4.78 is 25.1. The number of carboxylic acids is 1. The summed E-state index contributed by atoms with van der Waals surface area (Å²) in [6.07, 6.45) is -1.13. The van der Waals surface area contributed by atoms with E-state index in [1.807, 2.05) is 4.72 Å². The maximum Gasteiger partial charge on any atom is 0.363 e. The number of aliphatic hydroxyl groups is 1. The minimum Gasteiger partial charge on any atom is -0.479 e. The molecule has 0 aliphatic carbocycles. The summed E-state index contributed by atoms with van der Waals surface area (Å²) in [5.74, 6) is -2.10. The number of hydrogen-bond acceptors (Lipinski definition) is 7. The van der Waals surface area contributed by atoms with Gasteiger partial charge >= 0.3 is 11.8 Å². The van der Waals surface area contributed by atoms with Crippen LogP contribution < -0.4 is 4.72 Å². The molecule has 10 nitrogen and oxygen atoms in total. The largest absolute Gasteiger partial charge is 0.479 e. The van der Waals surface area contributed by atoms with Gasteiger partial charge in [0.1, 0.15) is 4.90 Å². The Labute approximate surface area is 106 Å². The van der Waals surface area contributed by atoms with Gasteiger partial charge in [0.15, 0.2) is 12.3 Å². The fourth-order valence-electron chi connectivity index (χ4n) is 0.999. The lowest BCUT2D eigenvalue weighted by Crippen LogP contribution is -2.36. The smallest absolute Gasteiger partial charge is 0.363 e. The van der Waals surface area contributed by atoms with Crippen LogP contribution in [0.15, 0.2) is 23.2 Å². The van der Waals surface area contributed by atoms with Crippen molar-refractivity contribution in [3.05, 3.63) is 28.4 Å². The summed E-state index contributed by atoms with van der Waals surface area (Å²) in [7, 11) is -4.09. The first-order valence-corrected chi connectivity index (χ1v) is 6.23. The Kier molecular flexibility index (Phi) is 4.47. The number of nitrogens with zero attached hydrogens (tertiary/aromatic N) is 2. The predicted octanol–water partition coefficient (Wildman–Crippen LogP) is -1.29. The number of carboxylic acid groups (broad SMARTS) is 1. The van der Waals surface area contributed by atoms with E-state index in [2.05, 4.69) is 4.98 Å². The summed E-state index contributed by atoms with van der Waals surface area (Å²) >= 11 is 0. The molecule has 0 aliphatic heterocycles. The normalized spacial score (nSPS) is 12.9. The zero-order chi connectivity index (χ0) is 14.6. The molecule has 0 bridgehead atoms. The molecule has 0 amide bonds. The molecule has 0 spiro atoms. The van der Waals surface area contributed by atoms with E-state index < -0.39 is 39.4 Å². The minimum absolute atomic E-state index is 0.379. The van der Waals surface area contributed by atoms with Gasteiger partial charge in [-0.05, 0) is 16.0 Å². The zero-order valence-corrected chi connectivity index (χ0v) is 10.1. The van der Waals surface area contributed by atoms with E-state index in [0.29, 0.717) is 0 Å². The Morgan fingerprint density at radius 1 is 1.53 bits per heavy atom. The standard InChI is InChI=1S/C8H9N3O7S/c12-6(8(13)14)4-10-19(17,18)5-1-2-7(9-3-5)11(15)16/h1-3,6,10,12H,4H2,(H,13,14). The minimum atomic E-state index is -4.09. The summed E-state index contributed by atoms with van der Waals surface area (Å²) in [6.45, 7) is -0.728. The van der Waals surface area contributed by atoms with Gasteiger partial charge in [-0.15, -0.1) is 0 Å². The van der Waals surface area contributed by atoms with Crippen molar-refractivity contribution in [1.82, 2.24) is 9.71 Å². The van der Waals surface area contributed by atoms with Gasteiger partial charge < -0.3 is 20.3 Å². The lowest BCUT2D eigenvalue weighted by Gasteiger charge is -2.07. The number of aliphatic carboxylic acids is 1. The molecule has 0 fully saturated rings. The fraction of sp³-hybridized carbons (Fsp3) is 0.250. The van der Waals surface area contributed by atoms with Crippen LogP contribution in [0.2, 0.25) is 0 Å². The van der Waals surface area contributed by atoms with E-state index in [9.17, 15) is 23.3 Å². The van der Waals surface area contributed by atoms with Crippen LogP contribution in [0, 0.1) is 10.1 Å². The number of pyridine rings is 1. The number of aliphatic hydroxyl groups excluding tert-OH is 1. The third kappa shape index (κ3) is 3.94. The van der Waals surface area contributed by atoms with Crippen LogP contribution in [0.3, 0.4) is 0 Å². The first kappa shape index (κ1) is 14.9. The molecular weight excluding hydrogens is 282 g/mol. The van der Waals surface area contributed by atoms with E-state index in [1.165, 1.54) is 0 Å². The number of nitrogens with one attached hydrogen (secondary N) is 1. The molecule has 104 valence electrons. The van der Waals surface area contributed by atoms with Crippen molar-refractivity contribution in [2.45, 2.75) is 11.0 Å². The number of carbonyl (C=O) groups is 1. The molecule has 1 unspecified atom stereocenters.